The largest absolute Gasteiger partial charge is 0.462 e. The SMILES string of the molecule is CC(=O)O[C@@H]1CC[C@]2(C)C3=CC[C@@]4(C)[C@@H]([C@H](C)CC[C@H](C)C(C)C)CC[C@H]4C3=CC[C@@]2(O)C1. The highest BCUT2D eigenvalue weighted by Crippen LogP contribution is 2.65. The predicted molar refractivity (Wildman–Crippen MR) is 135 cm³/mol. The zero-order valence-corrected chi connectivity index (χ0v) is 22.2. The van der Waals surface area contributed by atoms with Gasteiger partial charge in [-0.15, -0.1) is 0 Å². The van der Waals surface area contributed by atoms with Crippen LogP contribution in [0.1, 0.15) is 106 Å². The van der Waals surface area contributed by atoms with Gasteiger partial charge in [-0.2, -0.15) is 0 Å². The van der Waals surface area contributed by atoms with Crippen molar-refractivity contribution in [2.75, 3.05) is 0 Å². The molecular formula is C30H48O3. The number of rotatable bonds is 6. The number of ether oxygens (including phenoxy) is 1. The van der Waals surface area contributed by atoms with Crippen LogP contribution in [0.25, 0.3) is 0 Å². The fraction of sp³-hybridized carbons (Fsp3) is 0.833. The van der Waals surface area contributed by atoms with E-state index < -0.39 is 5.60 Å². The molecule has 0 spiro atoms. The summed E-state index contributed by atoms with van der Waals surface area (Å²) in [7, 11) is 0. The van der Waals surface area contributed by atoms with Gasteiger partial charge in [0.1, 0.15) is 6.10 Å². The molecule has 0 heterocycles. The smallest absolute Gasteiger partial charge is 0.302 e. The molecule has 0 aliphatic heterocycles. The second kappa shape index (κ2) is 8.85. The number of carbonyl (C=O) groups excluding carboxylic acids is 1. The summed E-state index contributed by atoms with van der Waals surface area (Å²) in [6, 6.07) is 0. The van der Waals surface area contributed by atoms with Crippen LogP contribution in [0.3, 0.4) is 0 Å². The van der Waals surface area contributed by atoms with Crippen LogP contribution in [0.15, 0.2) is 23.3 Å². The first-order chi connectivity index (χ1) is 15.4. The van der Waals surface area contributed by atoms with Gasteiger partial charge < -0.3 is 9.84 Å². The van der Waals surface area contributed by atoms with Crippen molar-refractivity contribution in [3.05, 3.63) is 23.3 Å². The Bertz CT molecular complexity index is 824. The lowest BCUT2D eigenvalue weighted by Crippen LogP contribution is -2.56. The Morgan fingerprint density at radius 1 is 1.09 bits per heavy atom. The Hall–Kier alpha value is -1.09. The Morgan fingerprint density at radius 2 is 1.82 bits per heavy atom. The summed E-state index contributed by atoms with van der Waals surface area (Å²) in [5.41, 5.74) is 2.27. The molecule has 2 saturated carbocycles. The molecule has 0 unspecified atom stereocenters. The van der Waals surface area contributed by atoms with Crippen molar-refractivity contribution in [1.82, 2.24) is 0 Å². The average Bonchev–Trinajstić information content (AvgIpc) is 3.09. The molecule has 186 valence electrons. The quantitative estimate of drug-likeness (QED) is 0.428. The minimum atomic E-state index is -0.813. The van der Waals surface area contributed by atoms with Crippen molar-refractivity contribution in [2.24, 2.45) is 40.4 Å². The molecule has 0 aromatic rings. The summed E-state index contributed by atoms with van der Waals surface area (Å²) in [6.07, 6.45) is 14.2. The van der Waals surface area contributed by atoms with E-state index in [1.807, 2.05) is 0 Å². The van der Waals surface area contributed by atoms with Gasteiger partial charge in [-0.25, -0.2) is 0 Å². The van der Waals surface area contributed by atoms with E-state index in [4.69, 9.17) is 4.74 Å². The molecule has 0 aromatic heterocycles. The van der Waals surface area contributed by atoms with Crippen molar-refractivity contribution in [3.63, 3.8) is 0 Å². The van der Waals surface area contributed by atoms with Gasteiger partial charge in [0.25, 0.3) is 0 Å². The van der Waals surface area contributed by atoms with Crippen LogP contribution < -0.4 is 0 Å². The lowest BCUT2D eigenvalue weighted by atomic mass is 9.50. The maximum atomic E-state index is 11.8. The Labute approximate surface area is 202 Å². The van der Waals surface area contributed by atoms with Gasteiger partial charge in [-0.05, 0) is 84.7 Å². The van der Waals surface area contributed by atoms with Crippen LogP contribution >= 0.6 is 0 Å². The van der Waals surface area contributed by atoms with Gasteiger partial charge in [0, 0.05) is 18.8 Å². The monoisotopic (exact) mass is 456 g/mol. The molecule has 33 heavy (non-hydrogen) atoms. The zero-order valence-electron chi connectivity index (χ0n) is 22.2. The van der Waals surface area contributed by atoms with Gasteiger partial charge in [0.15, 0.2) is 0 Å². The van der Waals surface area contributed by atoms with E-state index in [0.29, 0.717) is 24.2 Å². The number of hydrogen-bond donors (Lipinski definition) is 1. The highest BCUT2D eigenvalue weighted by atomic mass is 16.5. The van der Waals surface area contributed by atoms with Crippen LogP contribution in [0.2, 0.25) is 0 Å². The second-order valence-electron chi connectivity index (χ2n) is 13.0. The highest BCUT2D eigenvalue weighted by molar-refractivity contribution is 5.66. The average molecular weight is 457 g/mol. The third-order valence-electron chi connectivity index (χ3n) is 10.9. The fourth-order valence-electron chi connectivity index (χ4n) is 8.18. The third kappa shape index (κ3) is 4.15. The maximum absolute atomic E-state index is 11.8. The third-order valence-corrected chi connectivity index (χ3v) is 10.9. The summed E-state index contributed by atoms with van der Waals surface area (Å²) < 4.78 is 5.53. The van der Waals surface area contributed by atoms with Crippen molar-refractivity contribution in [3.8, 4) is 0 Å². The van der Waals surface area contributed by atoms with E-state index in [1.54, 1.807) is 5.57 Å². The molecule has 4 rings (SSSR count). The highest BCUT2D eigenvalue weighted by Gasteiger charge is 2.60. The van der Waals surface area contributed by atoms with Crippen molar-refractivity contribution >= 4 is 5.97 Å². The standard InChI is InChI=1S/C30H48O3/c1-19(2)20(3)8-9-21(4)25-10-11-26-24-13-17-30(32)18-23(33-22(5)31)12-16-29(30,7)27(24)14-15-28(25,26)6/h13-14,19-21,23,25-26,32H,8-12,15-18H2,1-7H3/t20-,21+,23+,25+,26-,28-,29+,30+/m0/s1. The maximum Gasteiger partial charge on any atom is 0.302 e. The van der Waals surface area contributed by atoms with Crippen molar-refractivity contribution in [1.29, 1.82) is 0 Å². The van der Waals surface area contributed by atoms with E-state index >= 15 is 0 Å². The molecule has 3 heteroatoms. The van der Waals surface area contributed by atoms with E-state index in [2.05, 4.69) is 53.7 Å². The molecule has 0 bridgehead atoms. The molecule has 1 N–H and O–H groups in total. The molecule has 0 saturated heterocycles. The van der Waals surface area contributed by atoms with Gasteiger partial charge in [0.2, 0.25) is 0 Å². The number of carbonyl (C=O) groups is 1. The van der Waals surface area contributed by atoms with Crippen LogP contribution in [-0.4, -0.2) is 22.8 Å². The molecular weight excluding hydrogens is 408 g/mol. The first-order valence-electron chi connectivity index (χ1n) is 13.7. The van der Waals surface area contributed by atoms with Crippen molar-refractivity contribution < 1.29 is 14.6 Å². The van der Waals surface area contributed by atoms with Gasteiger partial charge >= 0.3 is 5.97 Å². The Balaban J connectivity index is 1.54. The van der Waals surface area contributed by atoms with E-state index in [1.165, 1.54) is 38.2 Å². The second-order valence-corrected chi connectivity index (χ2v) is 13.0. The lowest BCUT2D eigenvalue weighted by Gasteiger charge is -2.57. The number of hydrogen-bond acceptors (Lipinski definition) is 3. The number of aliphatic hydroxyl groups is 1. The number of fused-ring (bicyclic) bond motifs is 5. The molecule has 0 amide bonds. The van der Waals surface area contributed by atoms with Crippen LogP contribution in [-0.2, 0) is 9.53 Å². The molecule has 3 nitrogen and oxygen atoms in total. The van der Waals surface area contributed by atoms with Gasteiger partial charge in [-0.3, -0.25) is 4.79 Å². The molecule has 4 aliphatic carbocycles. The molecule has 0 aromatic carbocycles. The van der Waals surface area contributed by atoms with E-state index in [9.17, 15) is 9.90 Å². The van der Waals surface area contributed by atoms with E-state index in [-0.39, 0.29) is 17.5 Å². The first kappa shape index (κ1) is 25.0. The zero-order chi connectivity index (χ0) is 24.2. The van der Waals surface area contributed by atoms with E-state index in [0.717, 1.165) is 42.9 Å². The first-order valence-corrected chi connectivity index (χ1v) is 13.7. The number of allylic oxidation sites excluding steroid dienone is 2. The Kier molecular flexibility index (Phi) is 6.71. The molecule has 2 fully saturated rings. The van der Waals surface area contributed by atoms with Crippen LogP contribution in [0, 0.1) is 40.4 Å². The summed E-state index contributed by atoms with van der Waals surface area (Å²) in [6.45, 7) is 15.9. The minimum Gasteiger partial charge on any atom is -0.462 e. The molecule has 4 aliphatic rings. The minimum absolute atomic E-state index is 0.157. The van der Waals surface area contributed by atoms with Gasteiger partial charge in [0.05, 0.1) is 5.60 Å². The Morgan fingerprint density at radius 3 is 2.48 bits per heavy atom. The topological polar surface area (TPSA) is 46.5 Å². The predicted octanol–water partition coefficient (Wildman–Crippen LogP) is 7.24. The normalized spacial score (nSPS) is 41.9. The molecule has 8 atom stereocenters. The number of esters is 1. The van der Waals surface area contributed by atoms with Crippen LogP contribution in [0.4, 0.5) is 0 Å². The van der Waals surface area contributed by atoms with Crippen molar-refractivity contribution in [2.45, 2.75) is 118 Å². The van der Waals surface area contributed by atoms with Crippen LogP contribution in [0.5, 0.6) is 0 Å². The summed E-state index contributed by atoms with van der Waals surface area (Å²) in [4.78, 5) is 11.5. The molecule has 0 radical (unpaired) electrons. The lowest BCUT2D eigenvalue weighted by molar-refractivity contribution is -0.163. The summed E-state index contributed by atoms with van der Waals surface area (Å²) >= 11 is 0. The fourth-order valence-corrected chi connectivity index (χ4v) is 8.18. The summed E-state index contributed by atoms with van der Waals surface area (Å²) in [5, 5.41) is 11.8. The van der Waals surface area contributed by atoms with Gasteiger partial charge in [-0.1, -0.05) is 66.5 Å². The summed E-state index contributed by atoms with van der Waals surface area (Å²) in [5.74, 6) is 3.52.